The summed E-state index contributed by atoms with van der Waals surface area (Å²) in [5, 5.41) is 0. The van der Waals surface area contributed by atoms with Crippen LogP contribution in [0.3, 0.4) is 0 Å². The second-order valence-corrected chi connectivity index (χ2v) is 4.31. The largest absolute Gasteiger partial charge is 0.497 e. The normalized spacial score (nSPS) is 10.7. The number of rotatable bonds is 4. The Kier molecular flexibility index (Phi) is 3.29. The van der Waals surface area contributed by atoms with Gasteiger partial charge in [0.25, 0.3) is 0 Å². The van der Waals surface area contributed by atoms with Crippen LogP contribution in [0.5, 0.6) is 11.5 Å². The van der Waals surface area contributed by atoms with Crippen LogP contribution in [0.1, 0.15) is 6.92 Å². The molecule has 0 amide bonds. The molecule has 1 heterocycles. The van der Waals surface area contributed by atoms with Crippen molar-refractivity contribution in [2.24, 2.45) is 0 Å². The van der Waals surface area contributed by atoms with Gasteiger partial charge in [0, 0.05) is 11.6 Å². The van der Waals surface area contributed by atoms with Gasteiger partial charge < -0.3 is 13.9 Å². The van der Waals surface area contributed by atoms with Crippen molar-refractivity contribution in [1.29, 1.82) is 0 Å². The molecule has 0 aliphatic heterocycles. The van der Waals surface area contributed by atoms with Crippen molar-refractivity contribution < 1.29 is 13.9 Å². The third kappa shape index (κ3) is 2.32. The van der Waals surface area contributed by atoms with Crippen molar-refractivity contribution in [2.45, 2.75) is 6.92 Å². The molecule has 0 N–H and O–H groups in total. The summed E-state index contributed by atoms with van der Waals surface area (Å²) in [6, 6.07) is 13.3. The van der Waals surface area contributed by atoms with Crippen molar-refractivity contribution in [3.8, 4) is 23.0 Å². The second-order valence-electron chi connectivity index (χ2n) is 4.31. The number of ether oxygens (including phenoxy) is 2. The molecule has 0 unspecified atom stereocenters. The van der Waals surface area contributed by atoms with E-state index in [1.54, 1.807) is 7.11 Å². The number of nitrogens with zero attached hydrogens (tertiary/aromatic N) is 1. The average molecular weight is 269 g/mol. The maximum absolute atomic E-state index is 5.78. The van der Waals surface area contributed by atoms with E-state index in [4.69, 9.17) is 13.9 Å². The molecule has 0 fully saturated rings. The van der Waals surface area contributed by atoms with Crippen LogP contribution >= 0.6 is 0 Å². The Labute approximate surface area is 117 Å². The van der Waals surface area contributed by atoms with Gasteiger partial charge in [0.15, 0.2) is 5.58 Å². The highest BCUT2D eigenvalue weighted by Crippen LogP contribution is 2.28. The van der Waals surface area contributed by atoms with E-state index in [1.165, 1.54) is 0 Å². The molecule has 3 rings (SSSR count). The maximum atomic E-state index is 5.78. The minimum atomic E-state index is 0.594. The van der Waals surface area contributed by atoms with E-state index in [1.807, 2.05) is 49.4 Å². The lowest BCUT2D eigenvalue weighted by atomic mass is 10.2. The molecule has 0 aliphatic rings. The van der Waals surface area contributed by atoms with E-state index in [0.717, 1.165) is 28.2 Å². The molecule has 4 heteroatoms. The van der Waals surface area contributed by atoms with Crippen LogP contribution in [0.4, 0.5) is 0 Å². The van der Waals surface area contributed by atoms with Crippen LogP contribution in [0.25, 0.3) is 22.6 Å². The first-order valence-corrected chi connectivity index (χ1v) is 6.48. The van der Waals surface area contributed by atoms with Crippen molar-refractivity contribution >= 4 is 11.1 Å². The number of benzene rings is 2. The fraction of sp³-hybridized carbons (Fsp3) is 0.188. The number of hydrogen-bond donors (Lipinski definition) is 0. The minimum absolute atomic E-state index is 0.594. The molecule has 0 spiro atoms. The lowest BCUT2D eigenvalue weighted by molar-refractivity contribution is 0.340. The fourth-order valence-corrected chi connectivity index (χ4v) is 2.02. The molecule has 20 heavy (non-hydrogen) atoms. The molecule has 2 aromatic carbocycles. The van der Waals surface area contributed by atoms with Gasteiger partial charge in [-0.15, -0.1) is 0 Å². The molecule has 0 bridgehead atoms. The summed E-state index contributed by atoms with van der Waals surface area (Å²) in [7, 11) is 1.64. The van der Waals surface area contributed by atoms with E-state index in [2.05, 4.69) is 4.98 Å². The molecule has 0 aliphatic carbocycles. The van der Waals surface area contributed by atoms with Crippen LogP contribution in [-0.4, -0.2) is 18.7 Å². The number of fused-ring (bicyclic) bond motifs is 1. The van der Waals surface area contributed by atoms with Gasteiger partial charge in [0.05, 0.1) is 13.7 Å². The Balaban J connectivity index is 1.98. The Bertz CT molecular complexity index is 716. The molecule has 1 aromatic heterocycles. The molecule has 0 atom stereocenters. The van der Waals surface area contributed by atoms with E-state index >= 15 is 0 Å². The molecule has 0 saturated heterocycles. The first kappa shape index (κ1) is 12.5. The van der Waals surface area contributed by atoms with Crippen molar-refractivity contribution in [1.82, 2.24) is 4.98 Å². The summed E-state index contributed by atoms with van der Waals surface area (Å²) in [6.07, 6.45) is 0. The summed E-state index contributed by atoms with van der Waals surface area (Å²) >= 11 is 0. The summed E-state index contributed by atoms with van der Waals surface area (Å²) in [5.41, 5.74) is 2.46. The van der Waals surface area contributed by atoms with Gasteiger partial charge >= 0.3 is 0 Å². The van der Waals surface area contributed by atoms with Crippen molar-refractivity contribution in [3.63, 3.8) is 0 Å². The summed E-state index contributed by atoms with van der Waals surface area (Å²) in [6.45, 7) is 2.58. The van der Waals surface area contributed by atoms with Crippen LogP contribution in [0.2, 0.25) is 0 Å². The highest BCUT2D eigenvalue weighted by Gasteiger charge is 2.09. The standard InChI is InChI=1S/C16H15NO3/c1-3-19-13-8-9-14-15(10-13)20-16(17-14)11-4-6-12(18-2)7-5-11/h4-10H,3H2,1-2H3. The van der Waals surface area contributed by atoms with Crippen LogP contribution < -0.4 is 9.47 Å². The first-order valence-electron chi connectivity index (χ1n) is 6.48. The van der Waals surface area contributed by atoms with Crippen LogP contribution in [0.15, 0.2) is 46.9 Å². The van der Waals surface area contributed by atoms with Crippen LogP contribution in [-0.2, 0) is 0 Å². The van der Waals surface area contributed by atoms with Crippen molar-refractivity contribution in [2.75, 3.05) is 13.7 Å². The average Bonchev–Trinajstić information content (AvgIpc) is 2.91. The lowest BCUT2D eigenvalue weighted by Gasteiger charge is -2.00. The van der Waals surface area contributed by atoms with E-state index in [0.29, 0.717) is 12.5 Å². The third-order valence-electron chi connectivity index (χ3n) is 3.01. The molecule has 4 nitrogen and oxygen atoms in total. The number of hydrogen-bond acceptors (Lipinski definition) is 4. The predicted molar refractivity (Wildman–Crippen MR) is 77.2 cm³/mol. The van der Waals surface area contributed by atoms with Gasteiger partial charge in [-0.05, 0) is 43.3 Å². The molecular weight excluding hydrogens is 254 g/mol. The van der Waals surface area contributed by atoms with E-state index < -0.39 is 0 Å². The Morgan fingerprint density at radius 1 is 1.05 bits per heavy atom. The minimum Gasteiger partial charge on any atom is -0.497 e. The molecule has 102 valence electrons. The summed E-state index contributed by atoms with van der Waals surface area (Å²) in [5.74, 6) is 2.19. The van der Waals surface area contributed by atoms with Crippen LogP contribution in [0, 0.1) is 0 Å². The number of oxazole rings is 1. The van der Waals surface area contributed by atoms with Gasteiger partial charge in [-0.2, -0.15) is 0 Å². The quantitative estimate of drug-likeness (QED) is 0.720. The zero-order valence-electron chi connectivity index (χ0n) is 11.4. The third-order valence-corrected chi connectivity index (χ3v) is 3.01. The Morgan fingerprint density at radius 2 is 1.80 bits per heavy atom. The van der Waals surface area contributed by atoms with Gasteiger partial charge in [0.2, 0.25) is 5.89 Å². The lowest BCUT2D eigenvalue weighted by Crippen LogP contribution is -1.90. The number of methoxy groups -OCH3 is 1. The zero-order chi connectivity index (χ0) is 13.9. The van der Waals surface area contributed by atoms with Gasteiger partial charge in [0.1, 0.15) is 17.0 Å². The second kappa shape index (κ2) is 5.25. The van der Waals surface area contributed by atoms with E-state index in [-0.39, 0.29) is 0 Å². The molecule has 3 aromatic rings. The highest BCUT2D eigenvalue weighted by atomic mass is 16.5. The number of aromatic nitrogens is 1. The topological polar surface area (TPSA) is 44.5 Å². The molecule has 0 saturated carbocycles. The van der Waals surface area contributed by atoms with Gasteiger partial charge in [-0.1, -0.05) is 0 Å². The fourth-order valence-electron chi connectivity index (χ4n) is 2.02. The smallest absolute Gasteiger partial charge is 0.227 e. The zero-order valence-corrected chi connectivity index (χ0v) is 11.4. The molecule has 0 radical (unpaired) electrons. The summed E-state index contributed by atoms with van der Waals surface area (Å²) in [4.78, 5) is 4.48. The van der Waals surface area contributed by atoms with Gasteiger partial charge in [-0.25, -0.2) is 4.98 Å². The molecular formula is C16H15NO3. The SMILES string of the molecule is CCOc1ccc2nc(-c3ccc(OC)cc3)oc2c1. The Morgan fingerprint density at radius 3 is 2.50 bits per heavy atom. The maximum Gasteiger partial charge on any atom is 0.227 e. The predicted octanol–water partition coefficient (Wildman–Crippen LogP) is 3.90. The van der Waals surface area contributed by atoms with Gasteiger partial charge in [-0.3, -0.25) is 0 Å². The van der Waals surface area contributed by atoms with Crippen molar-refractivity contribution in [3.05, 3.63) is 42.5 Å². The monoisotopic (exact) mass is 269 g/mol. The Hall–Kier alpha value is -2.49. The highest BCUT2D eigenvalue weighted by molar-refractivity contribution is 5.77. The van der Waals surface area contributed by atoms with E-state index in [9.17, 15) is 0 Å². The first-order chi connectivity index (χ1) is 9.80. The summed E-state index contributed by atoms with van der Waals surface area (Å²) < 4.78 is 16.4.